The van der Waals surface area contributed by atoms with Crippen molar-refractivity contribution in [3.8, 4) is 11.5 Å². The summed E-state index contributed by atoms with van der Waals surface area (Å²) in [6, 6.07) is 11.2. The number of rotatable bonds is 8. The number of anilines is 2. The normalized spacial score (nSPS) is 10.6. The van der Waals surface area contributed by atoms with E-state index < -0.39 is 0 Å². The van der Waals surface area contributed by atoms with Gasteiger partial charge in [0.1, 0.15) is 0 Å². The molecule has 2 aromatic carbocycles. The van der Waals surface area contributed by atoms with Crippen molar-refractivity contribution in [2.24, 2.45) is 0 Å². The molecule has 0 aliphatic rings. The molecule has 0 fully saturated rings. The number of hydrogen-bond acceptors (Lipinski definition) is 7. The van der Waals surface area contributed by atoms with Crippen LogP contribution < -0.4 is 20.1 Å². The monoisotopic (exact) mass is 431 g/mol. The van der Waals surface area contributed by atoms with E-state index in [4.69, 9.17) is 9.47 Å². The van der Waals surface area contributed by atoms with Gasteiger partial charge in [-0.3, -0.25) is 9.59 Å². The van der Waals surface area contributed by atoms with Crippen molar-refractivity contribution in [2.75, 3.05) is 36.4 Å². The zero-order valence-corrected chi connectivity index (χ0v) is 17.9. The van der Waals surface area contributed by atoms with Crippen molar-refractivity contribution in [1.29, 1.82) is 0 Å². The summed E-state index contributed by atoms with van der Waals surface area (Å²) in [5, 5.41) is 6.08. The van der Waals surface area contributed by atoms with Crippen LogP contribution in [0.25, 0.3) is 10.2 Å². The number of aryl methyl sites for hydroxylation is 1. The lowest BCUT2D eigenvalue weighted by molar-refractivity contribution is -0.114. The van der Waals surface area contributed by atoms with Gasteiger partial charge in [0.25, 0.3) is 0 Å². The van der Waals surface area contributed by atoms with Crippen LogP contribution in [0.4, 0.5) is 10.8 Å². The summed E-state index contributed by atoms with van der Waals surface area (Å²) in [5.41, 5.74) is 2.54. The maximum absolute atomic E-state index is 12.2. The Balaban J connectivity index is 1.51. The van der Waals surface area contributed by atoms with Crippen LogP contribution in [0.15, 0.2) is 36.4 Å². The first-order valence-electron chi connectivity index (χ1n) is 8.75. The number of fused-ring (bicyclic) bond motifs is 1. The lowest BCUT2D eigenvalue weighted by Gasteiger charge is -2.06. The number of benzene rings is 2. The number of amides is 2. The van der Waals surface area contributed by atoms with Gasteiger partial charge < -0.3 is 20.1 Å². The highest BCUT2D eigenvalue weighted by molar-refractivity contribution is 8.00. The van der Waals surface area contributed by atoms with E-state index in [1.54, 1.807) is 20.3 Å². The van der Waals surface area contributed by atoms with Crippen LogP contribution in [0.1, 0.15) is 5.56 Å². The molecule has 9 heteroatoms. The van der Waals surface area contributed by atoms with Crippen molar-refractivity contribution in [1.82, 2.24) is 4.98 Å². The second-order valence-corrected chi connectivity index (χ2v) is 8.17. The summed E-state index contributed by atoms with van der Waals surface area (Å²) in [6.07, 6.45) is 0. The summed E-state index contributed by atoms with van der Waals surface area (Å²) in [7, 11) is 3.13. The molecular weight excluding hydrogens is 410 g/mol. The standard InChI is InChI=1S/C20H21N3O4S2/c1-12-5-4-6-13(7-12)21-18(24)10-28-11-19(25)23-20-22-14-8-15(26-2)16(27-3)9-17(14)29-20/h4-9H,10-11H2,1-3H3,(H,21,24)(H,22,23,25). The quantitative estimate of drug-likeness (QED) is 0.562. The number of ether oxygens (including phenoxy) is 2. The van der Waals surface area contributed by atoms with Crippen molar-refractivity contribution in [3.63, 3.8) is 0 Å². The Morgan fingerprint density at radius 2 is 1.72 bits per heavy atom. The number of thiazole rings is 1. The van der Waals surface area contributed by atoms with E-state index in [1.807, 2.05) is 37.3 Å². The first-order chi connectivity index (χ1) is 14.0. The Morgan fingerprint density at radius 3 is 2.41 bits per heavy atom. The number of hydrogen-bond donors (Lipinski definition) is 2. The molecule has 0 saturated heterocycles. The second kappa shape index (κ2) is 9.62. The van der Waals surface area contributed by atoms with Crippen LogP contribution in [0, 0.1) is 6.92 Å². The fourth-order valence-electron chi connectivity index (χ4n) is 2.62. The molecule has 1 aromatic heterocycles. The predicted octanol–water partition coefficient (Wildman–Crippen LogP) is 3.93. The van der Waals surface area contributed by atoms with Gasteiger partial charge in [-0.1, -0.05) is 23.5 Å². The summed E-state index contributed by atoms with van der Waals surface area (Å²) in [6.45, 7) is 1.96. The number of carbonyl (C=O) groups is 2. The Bertz CT molecular complexity index is 995. The molecule has 0 spiro atoms. The largest absolute Gasteiger partial charge is 0.493 e. The number of methoxy groups -OCH3 is 2. The third-order valence-electron chi connectivity index (χ3n) is 3.91. The average molecular weight is 432 g/mol. The SMILES string of the molecule is COc1cc2nc(NC(=O)CSCC(=O)Nc3cccc(C)c3)sc2cc1OC. The maximum atomic E-state index is 12.2. The molecule has 0 saturated carbocycles. The Morgan fingerprint density at radius 1 is 1.03 bits per heavy atom. The lowest BCUT2D eigenvalue weighted by atomic mass is 10.2. The summed E-state index contributed by atoms with van der Waals surface area (Å²) in [4.78, 5) is 28.6. The first kappa shape index (κ1) is 20.9. The molecule has 0 radical (unpaired) electrons. The van der Waals surface area contributed by atoms with Gasteiger partial charge in [0.15, 0.2) is 16.6 Å². The summed E-state index contributed by atoms with van der Waals surface area (Å²) >= 11 is 2.59. The van der Waals surface area contributed by atoms with Crippen LogP contribution in [0.5, 0.6) is 11.5 Å². The third-order valence-corrected chi connectivity index (χ3v) is 5.77. The highest BCUT2D eigenvalue weighted by Gasteiger charge is 2.13. The van der Waals surface area contributed by atoms with E-state index in [-0.39, 0.29) is 23.3 Å². The van der Waals surface area contributed by atoms with E-state index in [1.165, 1.54) is 23.1 Å². The van der Waals surface area contributed by atoms with Gasteiger partial charge in [-0.15, -0.1) is 11.8 Å². The molecular formula is C20H21N3O4S2. The average Bonchev–Trinajstić information content (AvgIpc) is 3.07. The van der Waals surface area contributed by atoms with E-state index in [9.17, 15) is 9.59 Å². The third kappa shape index (κ3) is 5.61. The summed E-state index contributed by atoms with van der Waals surface area (Å²) in [5.74, 6) is 1.18. The molecule has 0 atom stereocenters. The Hall–Kier alpha value is -2.78. The minimum absolute atomic E-state index is 0.146. The van der Waals surface area contributed by atoms with Gasteiger partial charge in [-0.25, -0.2) is 4.98 Å². The van der Waals surface area contributed by atoms with E-state index >= 15 is 0 Å². The van der Waals surface area contributed by atoms with Gasteiger partial charge in [0.2, 0.25) is 11.8 Å². The molecule has 2 amide bonds. The summed E-state index contributed by atoms with van der Waals surface area (Å²) < 4.78 is 11.4. The minimum Gasteiger partial charge on any atom is -0.493 e. The van der Waals surface area contributed by atoms with Crippen LogP contribution in [0.3, 0.4) is 0 Å². The van der Waals surface area contributed by atoms with Gasteiger partial charge >= 0.3 is 0 Å². The zero-order valence-electron chi connectivity index (χ0n) is 16.3. The fourth-order valence-corrected chi connectivity index (χ4v) is 4.13. The molecule has 0 aliphatic heterocycles. The Kier molecular flexibility index (Phi) is 6.95. The van der Waals surface area contributed by atoms with Crippen LogP contribution in [-0.4, -0.2) is 42.5 Å². The molecule has 3 aromatic rings. The van der Waals surface area contributed by atoms with Crippen molar-refractivity contribution in [3.05, 3.63) is 42.0 Å². The van der Waals surface area contributed by atoms with Gasteiger partial charge in [0, 0.05) is 17.8 Å². The van der Waals surface area contributed by atoms with Crippen molar-refractivity contribution in [2.45, 2.75) is 6.92 Å². The second-order valence-electron chi connectivity index (χ2n) is 6.15. The topological polar surface area (TPSA) is 89.5 Å². The molecule has 1 heterocycles. The van der Waals surface area contributed by atoms with Crippen molar-refractivity contribution < 1.29 is 19.1 Å². The number of nitrogens with zero attached hydrogens (tertiary/aromatic N) is 1. The predicted molar refractivity (Wildman–Crippen MR) is 118 cm³/mol. The molecule has 0 aliphatic carbocycles. The molecule has 3 rings (SSSR count). The van der Waals surface area contributed by atoms with Crippen LogP contribution >= 0.6 is 23.1 Å². The van der Waals surface area contributed by atoms with E-state index in [0.29, 0.717) is 22.1 Å². The maximum Gasteiger partial charge on any atom is 0.236 e. The molecule has 152 valence electrons. The number of nitrogens with one attached hydrogen (secondary N) is 2. The number of aromatic nitrogens is 1. The van der Waals surface area contributed by atoms with Crippen molar-refractivity contribution >= 4 is 55.9 Å². The van der Waals surface area contributed by atoms with Gasteiger partial charge in [-0.2, -0.15) is 0 Å². The van der Waals surface area contributed by atoms with Crippen LogP contribution in [-0.2, 0) is 9.59 Å². The molecule has 7 nitrogen and oxygen atoms in total. The van der Waals surface area contributed by atoms with E-state index in [2.05, 4.69) is 15.6 Å². The number of carbonyl (C=O) groups excluding carboxylic acids is 2. The zero-order chi connectivity index (χ0) is 20.8. The van der Waals surface area contributed by atoms with E-state index in [0.717, 1.165) is 16.0 Å². The molecule has 0 unspecified atom stereocenters. The Labute approximate surface area is 176 Å². The highest BCUT2D eigenvalue weighted by Crippen LogP contribution is 2.36. The molecule has 29 heavy (non-hydrogen) atoms. The van der Waals surface area contributed by atoms with Gasteiger partial charge in [0.05, 0.1) is 35.9 Å². The fraction of sp³-hybridized carbons (Fsp3) is 0.250. The van der Waals surface area contributed by atoms with Crippen LogP contribution in [0.2, 0.25) is 0 Å². The minimum atomic E-state index is -0.212. The lowest BCUT2D eigenvalue weighted by Crippen LogP contribution is -2.18. The highest BCUT2D eigenvalue weighted by atomic mass is 32.2. The smallest absolute Gasteiger partial charge is 0.236 e. The van der Waals surface area contributed by atoms with Gasteiger partial charge in [-0.05, 0) is 24.6 Å². The first-order valence-corrected chi connectivity index (χ1v) is 10.7. The number of thioether (sulfide) groups is 1. The molecule has 0 bridgehead atoms. The molecule has 2 N–H and O–H groups in total.